The summed E-state index contributed by atoms with van der Waals surface area (Å²) in [5.74, 6) is 2.68. The van der Waals surface area contributed by atoms with E-state index >= 15 is 0 Å². The zero-order chi connectivity index (χ0) is 23.6. The Balaban J connectivity index is 1.67. The normalized spacial score (nSPS) is 15.8. The molecule has 4 rings (SSSR count). The van der Waals surface area contributed by atoms with Crippen LogP contribution in [0, 0.1) is 0 Å². The molecule has 1 aromatic carbocycles. The van der Waals surface area contributed by atoms with Gasteiger partial charge in [0.25, 0.3) is 0 Å². The molecule has 2 aromatic heterocycles. The summed E-state index contributed by atoms with van der Waals surface area (Å²) in [6, 6.07) is 3.82. The van der Waals surface area contributed by atoms with Gasteiger partial charge in [-0.1, -0.05) is 11.3 Å². The van der Waals surface area contributed by atoms with Gasteiger partial charge in [-0.25, -0.2) is 12.7 Å². The Morgan fingerprint density at radius 3 is 2.15 bits per heavy atom. The van der Waals surface area contributed by atoms with Gasteiger partial charge < -0.3 is 14.2 Å². The van der Waals surface area contributed by atoms with Crippen molar-refractivity contribution >= 4 is 26.3 Å². The molecule has 0 radical (unpaired) electrons. The molecule has 12 heteroatoms. The number of hydrogen-bond donors (Lipinski definition) is 0. The van der Waals surface area contributed by atoms with E-state index in [1.54, 1.807) is 4.52 Å². The van der Waals surface area contributed by atoms with Gasteiger partial charge in [0.05, 0.1) is 26.1 Å². The molecule has 0 spiro atoms. The van der Waals surface area contributed by atoms with Gasteiger partial charge in [0.1, 0.15) is 5.01 Å². The molecule has 3 heterocycles. The summed E-state index contributed by atoms with van der Waals surface area (Å²) in [6.45, 7) is 8.21. The summed E-state index contributed by atoms with van der Waals surface area (Å²) in [7, 11) is -3.18. The van der Waals surface area contributed by atoms with Crippen LogP contribution >= 0.6 is 11.3 Å². The van der Waals surface area contributed by atoms with Crippen LogP contribution < -0.4 is 14.2 Å². The van der Waals surface area contributed by atoms with E-state index in [1.165, 1.54) is 21.9 Å². The highest BCUT2D eigenvalue weighted by atomic mass is 32.2. The number of hydrogen-bond acceptors (Lipinski definition) is 9. The highest BCUT2D eigenvalue weighted by Gasteiger charge is 2.29. The van der Waals surface area contributed by atoms with Crippen molar-refractivity contribution in [3.05, 3.63) is 18.0 Å². The molecule has 0 atom stereocenters. The quantitative estimate of drug-likeness (QED) is 0.445. The summed E-state index contributed by atoms with van der Waals surface area (Å²) in [5, 5.41) is 14.2. The number of fused-ring (bicyclic) bond motifs is 1. The average Bonchev–Trinajstić information content (AvgIpc) is 3.37. The number of benzene rings is 1. The van der Waals surface area contributed by atoms with E-state index in [-0.39, 0.29) is 5.92 Å². The monoisotopic (exact) mass is 495 g/mol. The van der Waals surface area contributed by atoms with E-state index in [9.17, 15) is 8.42 Å². The van der Waals surface area contributed by atoms with Gasteiger partial charge in [0.15, 0.2) is 17.3 Å². The standard InChI is InChI=1S/C21H29N5O5S2/c1-5-29-16-12-15(13-17(30-6-2)18(16)31-7-3)20-24-26-19(22-23-21(26)32-20)14-8-10-25(11-9-14)33(4,27)28/h12-14H,5-11H2,1-4H3. The predicted molar refractivity (Wildman–Crippen MR) is 126 cm³/mol. The Bertz CT molecular complexity index is 1190. The lowest BCUT2D eigenvalue weighted by atomic mass is 9.97. The molecule has 1 aliphatic rings. The van der Waals surface area contributed by atoms with Crippen LogP contribution in [0.25, 0.3) is 15.5 Å². The molecule has 3 aromatic rings. The lowest BCUT2D eigenvalue weighted by Crippen LogP contribution is -2.37. The maximum absolute atomic E-state index is 11.8. The summed E-state index contributed by atoms with van der Waals surface area (Å²) < 4.78 is 44.4. The van der Waals surface area contributed by atoms with Gasteiger partial charge in [-0.05, 0) is 45.7 Å². The van der Waals surface area contributed by atoms with Gasteiger partial charge >= 0.3 is 0 Å². The van der Waals surface area contributed by atoms with Gasteiger partial charge in [-0.2, -0.15) is 9.61 Å². The molecule has 10 nitrogen and oxygen atoms in total. The summed E-state index contributed by atoms with van der Waals surface area (Å²) in [5.41, 5.74) is 0.846. The van der Waals surface area contributed by atoms with E-state index < -0.39 is 10.0 Å². The fourth-order valence-electron chi connectivity index (χ4n) is 3.96. The molecule has 1 fully saturated rings. The minimum absolute atomic E-state index is 0.103. The third-order valence-corrected chi connectivity index (χ3v) is 7.71. The molecule has 0 aliphatic carbocycles. The highest BCUT2D eigenvalue weighted by molar-refractivity contribution is 7.88. The van der Waals surface area contributed by atoms with E-state index in [1.807, 2.05) is 32.9 Å². The van der Waals surface area contributed by atoms with Crippen LogP contribution in [0.1, 0.15) is 45.4 Å². The van der Waals surface area contributed by atoms with Gasteiger partial charge in [0, 0.05) is 24.6 Å². The minimum Gasteiger partial charge on any atom is -0.490 e. The van der Waals surface area contributed by atoms with Crippen molar-refractivity contribution in [3.63, 3.8) is 0 Å². The van der Waals surface area contributed by atoms with Gasteiger partial charge in [0.2, 0.25) is 20.7 Å². The molecule has 0 bridgehead atoms. The van der Waals surface area contributed by atoms with Crippen molar-refractivity contribution in [2.45, 2.75) is 39.5 Å². The molecule has 0 amide bonds. The van der Waals surface area contributed by atoms with Crippen molar-refractivity contribution in [2.24, 2.45) is 0 Å². The Kier molecular flexibility index (Phi) is 7.05. The Morgan fingerprint density at radius 1 is 1.00 bits per heavy atom. The Hall–Kier alpha value is -2.44. The zero-order valence-electron chi connectivity index (χ0n) is 19.3. The van der Waals surface area contributed by atoms with Crippen molar-refractivity contribution < 1.29 is 22.6 Å². The van der Waals surface area contributed by atoms with Crippen molar-refractivity contribution in [1.29, 1.82) is 0 Å². The van der Waals surface area contributed by atoms with E-state index in [0.717, 1.165) is 16.4 Å². The van der Waals surface area contributed by atoms with Gasteiger partial charge in [-0.3, -0.25) is 0 Å². The fourth-order valence-corrected chi connectivity index (χ4v) is 5.67. The largest absolute Gasteiger partial charge is 0.490 e. The Morgan fingerprint density at radius 2 is 1.61 bits per heavy atom. The lowest BCUT2D eigenvalue weighted by molar-refractivity contribution is 0.261. The van der Waals surface area contributed by atoms with Gasteiger partial charge in [-0.15, -0.1) is 10.2 Å². The maximum atomic E-state index is 11.8. The van der Waals surface area contributed by atoms with E-state index in [4.69, 9.17) is 19.3 Å². The van der Waals surface area contributed by atoms with Crippen LogP contribution in [0.5, 0.6) is 17.2 Å². The summed E-state index contributed by atoms with van der Waals surface area (Å²) in [4.78, 5) is 0.690. The second kappa shape index (κ2) is 9.82. The maximum Gasteiger partial charge on any atom is 0.234 e. The molecule has 180 valence electrons. The van der Waals surface area contributed by atoms with Crippen molar-refractivity contribution in [3.8, 4) is 27.8 Å². The first-order valence-electron chi connectivity index (χ1n) is 11.1. The number of sulfonamides is 1. The van der Waals surface area contributed by atoms with Crippen LogP contribution in [-0.2, 0) is 10.0 Å². The smallest absolute Gasteiger partial charge is 0.234 e. The van der Waals surface area contributed by atoms with E-state index in [0.29, 0.717) is 68.0 Å². The summed E-state index contributed by atoms with van der Waals surface area (Å²) >= 11 is 1.43. The lowest BCUT2D eigenvalue weighted by Gasteiger charge is -2.28. The van der Waals surface area contributed by atoms with Crippen LogP contribution in [0.2, 0.25) is 0 Å². The van der Waals surface area contributed by atoms with Crippen LogP contribution in [0.15, 0.2) is 12.1 Å². The SMILES string of the molecule is CCOc1cc(-c2nn3c(C4CCN(S(C)(=O)=O)CC4)nnc3s2)cc(OCC)c1OCC. The van der Waals surface area contributed by atoms with Crippen LogP contribution in [0.3, 0.4) is 0 Å². The molecular weight excluding hydrogens is 466 g/mol. The van der Waals surface area contributed by atoms with E-state index in [2.05, 4.69) is 10.2 Å². The number of rotatable bonds is 9. The van der Waals surface area contributed by atoms with Crippen molar-refractivity contribution in [2.75, 3.05) is 39.2 Å². The third kappa shape index (κ3) is 4.92. The first-order chi connectivity index (χ1) is 15.9. The third-order valence-electron chi connectivity index (χ3n) is 5.46. The van der Waals surface area contributed by atoms with Crippen LogP contribution in [0.4, 0.5) is 0 Å². The molecule has 1 aliphatic heterocycles. The molecule has 0 saturated carbocycles. The number of ether oxygens (including phenoxy) is 3. The predicted octanol–water partition coefficient (Wildman–Crippen LogP) is 3.19. The Labute approximate surface area is 197 Å². The molecular formula is C21H29N5O5S2. The number of piperidine rings is 1. The second-order valence-electron chi connectivity index (χ2n) is 7.70. The van der Waals surface area contributed by atoms with Crippen LogP contribution in [-0.4, -0.2) is 71.7 Å². The minimum atomic E-state index is -3.18. The topological polar surface area (TPSA) is 108 Å². The average molecular weight is 496 g/mol. The fraction of sp³-hybridized carbons (Fsp3) is 0.571. The van der Waals surface area contributed by atoms with Crippen molar-refractivity contribution in [1.82, 2.24) is 24.1 Å². The highest BCUT2D eigenvalue weighted by Crippen LogP contribution is 2.43. The first kappa shape index (κ1) is 23.7. The number of aromatic nitrogens is 4. The first-order valence-corrected chi connectivity index (χ1v) is 13.8. The molecule has 33 heavy (non-hydrogen) atoms. The molecule has 1 saturated heterocycles. The number of nitrogens with zero attached hydrogens (tertiary/aromatic N) is 5. The second-order valence-corrected chi connectivity index (χ2v) is 10.6. The molecule has 0 unspecified atom stereocenters. The summed E-state index contributed by atoms with van der Waals surface area (Å²) in [6.07, 6.45) is 2.62. The zero-order valence-corrected chi connectivity index (χ0v) is 20.9. The molecule has 0 N–H and O–H groups in total.